The van der Waals surface area contributed by atoms with E-state index in [-0.39, 0.29) is 34.0 Å². The molecule has 0 amide bonds. The van der Waals surface area contributed by atoms with Crippen LogP contribution in [0.4, 0.5) is 0 Å². The molecule has 0 spiro atoms. The van der Waals surface area contributed by atoms with Gasteiger partial charge in [-0.2, -0.15) is 0 Å². The largest absolute Gasteiger partial charge is 0.508 e. The van der Waals surface area contributed by atoms with E-state index in [0.29, 0.717) is 5.39 Å². The number of hydrogen-bond donors (Lipinski definition) is 3. The van der Waals surface area contributed by atoms with Gasteiger partial charge in [0.1, 0.15) is 28.4 Å². The molecule has 0 saturated heterocycles. The molecule has 3 N–H and O–H groups in total. The lowest BCUT2D eigenvalue weighted by Gasteiger charge is -2.08. The van der Waals surface area contributed by atoms with Crippen molar-refractivity contribution in [2.24, 2.45) is 0 Å². The molecule has 0 saturated carbocycles. The molecule has 3 rings (SSSR count). The molecular formula is C15H10O5. The van der Waals surface area contributed by atoms with Crippen LogP contribution in [0, 0.1) is 0 Å². The van der Waals surface area contributed by atoms with Crippen LogP contribution in [0.1, 0.15) is 0 Å². The van der Waals surface area contributed by atoms with Crippen LogP contribution in [0.15, 0.2) is 51.7 Å². The zero-order valence-electron chi connectivity index (χ0n) is 10.2. The highest BCUT2D eigenvalue weighted by molar-refractivity contribution is 5.91. The Morgan fingerprint density at radius 1 is 0.950 bits per heavy atom. The van der Waals surface area contributed by atoms with Crippen molar-refractivity contribution in [3.05, 3.63) is 52.9 Å². The number of fused-ring (bicyclic) bond motifs is 1. The summed E-state index contributed by atoms with van der Waals surface area (Å²) in [6, 6.07) is 10.2. The lowest BCUT2D eigenvalue weighted by atomic mass is 10.0. The number of para-hydroxylation sites is 1. The average molecular weight is 270 g/mol. The molecule has 100 valence electrons. The molecule has 5 heteroatoms. The molecule has 0 bridgehead atoms. The van der Waals surface area contributed by atoms with Gasteiger partial charge in [-0.15, -0.1) is 0 Å². The Morgan fingerprint density at radius 2 is 1.70 bits per heavy atom. The van der Waals surface area contributed by atoms with E-state index in [4.69, 9.17) is 4.42 Å². The van der Waals surface area contributed by atoms with Crippen molar-refractivity contribution in [3.63, 3.8) is 0 Å². The molecule has 3 aromatic rings. The highest BCUT2D eigenvalue weighted by atomic mass is 16.4. The monoisotopic (exact) mass is 270 g/mol. The Bertz CT molecular complexity index is 864. The van der Waals surface area contributed by atoms with Crippen LogP contribution in [0.3, 0.4) is 0 Å². The van der Waals surface area contributed by atoms with Gasteiger partial charge < -0.3 is 19.7 Å². The van der Waals surface area contributed by atoms with E-state index in [1.165, 1.54) is 18.2 Å². The Morgan fingerprint density at radius 3 is 2.50 bits per heavy atom. The maximum atomic E-state index is 12.0. The smallest absolute Gasteiger partial charge is 0.348 e. The summed E-state index contributed by atoms with van der Waals surface area (Å²) in [6.07, 6.45) is 0. The van der Waals surface area contributed by atoms with Gasteiger partial charge in [0, 0.05) is 5.56 Å². The normalized spacial score (nSPS) is 10.8. The van der Waals surface area contributed by atoms with Crippen molar-refractivity contribution >= 4 is 11.0 Å². The number of phenols is 2. The van der Waals surface area contributed by atoms with Crippen LogP contribution < -0.4 is 5.63 Å². The van der Waals surface area contributed by atoms with Gasteiger partial charge in [-0.05, 0) is 30.3 Å². The second-order valence-corrected chi connectivity index (χ2v) is 4.31. The van der Waals surface area contributed by atoms with E-state index in [1.54, 1.807) is 24.3 Å². The fraction of sp³-hybridized carbons (Fsp3) is 0. The van der Waals surface area contributed by atoms with E-state index in [0.717, 1.165) is 0 Å². The Hall–Kier alpha value is -2.95. The van der Waals surface area contributed by atoms with Gasteiger partial charge in [-0.3, -0.25) is 0 Å². The van der Waals surface area contributed by atoms with Gasteiger partial charge in [0.05, 0.1) is 5.39 Å². The SMILES string of the molecule is O=c1oc2ccccc2c(O)c1-c1cc(O)ccc1O. The molecule has 0 unspecified atom stereocenters. The number of rotatable bonds is 1. The second-order valence-electron chi connectivity index (χ2n) is 4.31. The standard InChI is InChI=1S/C15H10O5/c16-8-5-6-11(17)10(7-8)13-14(18)9-3-1-2-4-12(9)20-15(13)19/h1-7,16-18H. The van der Waals surface area contributed by atoms with Crippen LogP contribution in [0.2, 0.25) is 0 Å². The first-order chi connectivity index (χ1) is 9.58. The first kappa shape index (κ1) is 12.1. The molecule has 5 nitrogen and oxygen atoms in total. The summed E-state index contributed by atoms with van der Waals surface area (Å²) in [5.74, 6) is -0.664. The number of phenolic OH excluding ortho intramolecular Hbond substituents is 2. The molecule has 0 radical (unpaired) electrons. The molecule has 2 aromatic carbocycles. The molecular weight excluding hydrogens is 260 g/mol. The predicted octanol–water partition coefficient (Wildman–Crippen LogP) is 2.58. The molecule has 0 aliphatic carbocycles. The van der Waals surface area contributed by atoms with Crippen molar-refractivity contribution in [1.82, 2.24) is 0 Å². The van der Waals surface area contributed by atoms with Crippen molar-refractivity contribution in [2.75, 3.05) is 0 Å². The predicted molar refractivity (Wildman–Crippen MR) is 72.9 cm³/mol. The highest BCUT2D eigenvalue weighted by Crippen LogP contribution is 2.38. The fourth-order valence-electron chi connectivity index (χ4n) is 2.10. The molecule has 0 atom stereocenters. The lowest BCUT2D eigenvalue weighted by molar-refractivity contribution is 0.456. The maximum absolute atomic E-state index is 12.0. The third kappa shape index (κ3) is 1.76. The summed E-state index contributed by atoms with van der Waals surface area (Å²) in [4.78, 5) is 12.0. The van der Waals surface area contributed by atoms with Gasteiger partial charge in [-0.25, -0.2) is 4.79 Å². The van der Waals surface area contributed by atoms with Gasteiger partial charge in [0.2, 0.25) is 0 Å². The maximum Gasteiger partial charge on any atom is 0.348 e. The summed E-state index contributed by atoms with van der Waals surface area (Å²) in [7, 11) is 0. The first-order valence-electron chi connectivity index (χ1n) is 5.85. The van der Waals surface area contributed by atoms with Gasteiger partial charge >= 0.3 is 5.63 Å². The highest BCUT2D eigenvalue weighted by Gasteiger charge is 2.18. The third-order valence-corrected chi connectivity index (χ3v) is 3.04. The quantitative estimate of drug-likeness (QED) is 0.467. The summed E-state index contributed by atoms with van der Waals surface area (Å²) in [5, 5.41) is 29.9. The van der Waals surface area contributed by atoms with Crippen molar-refractivity contribution in [2.45, 2.75) is 0 Å². The topological polar surface area (TPSA) is 90.9 Å². The third-order valence-electron chi connectivity index (χ3n) is 3.04. The van der Waals surface area contributed by atoms with Crippen LogP contribution in [-0.4, -0.2) is 15.3 Å². The molecule has 0 aliphatic rings. The van der Waals surface area contributed by atoms with Crippen LogP contribution in [0.5, 0.6) is 17.2 Å². The summed E-state index contributed by atoms with van der Waals surface area (Å²) < 4.78 is 5.11. The molecule has 0 aliphatic heterocycles. The zero-order valence-corrected chi connectivity index (χ0v) is 10.2. The van der Waals surface area contributed by atoms with Crippen molar-refractivity contribution in [1.29, 1.82) is 0 Å². The van der Waals surface area contributed by atoms with Gasteiger partial charge in [0.25, 0.3) is 0 Å². The van der Waals surface area contributed by atoms with Crippen LogP contribution in [-0.2, 0) is 0 Å². The number of benzene rings is 2. The minimum Gasteiger partial charge on any atom is -0.508 e. The number of hydrogen-bond acceptors (Lipinski definition) is 5. The summed E-state index contributed by atoms with van der Waals surface area (Å²) >= 11 is 0. The van der Waals surface area contributed by atoms with Crippen LogP contribution >= 0.6 is 0 Å². The molecule has 1 heterocycles. The van der Waals surface area contributed by atoms with Gasteiger partial charge in [0.15, 0.2) is 0 Å². The van der Waals surface area contributed by atoms with Crippen LogP contribution in [0.25, 0.3) is 22.1 Å². The van der Waals surface area contributed by atoms with Crippen molar-refractivity contribution in [3.8, 4) is 28.4 Å². The summed E-state index contributed by atoms with van der Waals surface area (Å²) in [5.41, 5.74) is -0.709. The summed E-state index contributed by atoms with van der Waals surface area (Å²) in [6.45, 7) is 0. The van der Waals surface area contributed by atoms with E-state index in [9.17, 15) is 20.1 Å². The fourth-order valence-corrected chi connectivity index (χ4v) is 2.10. The van der Waals surface area contributed by atoms with E-state index in [1.807, 2.05) is 0 Å². The second kappa shape index (κ2) is 4.31. The Kier molecular flexibility index (Phi) is 2.61. The van der Waals surface area contributed by atoms with Gasteiger partial charge in [-0.1, -0.05) is 12.1 Å². The lowest BCUT2D eigenvalue weighted by Crippen LogP contribution is -2.03. The molecule has 1 aromatic heterocycles. The van der Waals surface area contributed by atoms with E-state index < -0.39 is 5.63 Å². The minimum atomic E-state index is -0.790. The Balaban J connectivity index is 2.42. The molecule has 0 fully saturated rings. The minimum absolute atomic E-state index is 0.0157. The zero-order chi connectivity index (χ0) is 14.3. The average Bonchev–Trinajstić information content (AvgIpc) is 2.42. The van der Waals surface area contributed by atoms with E-state index >= 15 is 0 Å². The van der Waals surface area contributed by atoms with E-state index in [2.05, 4.69) is 0 Å². The molecule has 20 heavy (non-hydrogen) atoms. The number of aromatic hydroxyl groups is 3. The Labute approximate surface area is 113 Å². The first-order valence-corrected chi connectivity index (χ1v) is 5.85. The van der Waals surface area contributed by atoms with Crippen molar-refractivity contribution < 1.29 is 19.7 Å².